The fraction of sp³-hybridized carbons (Fsp3) is 0.286. The molecule has 3 aromatic rings. The third-order valence-corrected chi connectivity index (χ3v) is 3.07. The lowest BCUT2D eigenvalue weighted by Crippen LogP contribution is -1.99. The number of hydrogen-bond donors (Lipinski definition) is 1. The minimum Gasteiger partial charge on any atom is -0.285 e. The summed E-state index contributed by atoms with van der Waals surface area (Å²) in [7, 11) is 0. The Hall–Kier alpha value is -2.50. The van der Waals surface area contributed by atoms with Crippen molar-refractivity contribution in [1.29, 1.82) is 0 Å². The second-order valence-corrected chi connectivity index (χ2v) is 4.56. The number of pyridine rings is 1. The lowest BCUT2D eigenvalue weighted by atomic mass is 10.2. The minimum atomic E-state index is 0.802. The zero-order chi connectivity index (χ0) is 13.8. The average Bonchev–Trinajstić information content (AvgIpc) is 3.15. The third-order valence-electron chi connectivity index (χ3n) is 3.07. The highest BCUT2D eigenvalue weighted by molar-refractivity contribution is 5.55. The highest BCUT2D eigenvalue weighted by atomic mass is 15.4. The van der Waals surface area contributed by atoms with E-state index in [2.05, 4.69) is 32.2 Å². The maximum atomic E-state index is 4.64. The van der Waals surface area contributed by atoms with Gasteiger partial charge in [0.25, 0.3) is 0 Å². The number of unbranched alkanes of at least 4 members (excludes halogenated alkanes) is 1. The van der Waals surface area contributed by atoms with Gasteiger partial charge >= 0.3 is 0 Å². The van der Waals surface area contributed by atoms with E-state index < -0.39 is 0 Å². The summed E-state index contributed by atoms with van der Waals surface area (Å²) in [6.07, 6.45) is 10.2. The van der Waals surface area contributed by atoms with Crippen LogP contribution in [0.25, 0.3) is 17.1 Å². The van der Waals surface area contributed by atoms with Crippen LogP contribution in [0.15, 0.2) is 36.9 Å². The van der Waals surface area contributed by atoms with Crippen molar-refractivity contribution >= 4 is 0 Å². The molecule has 0 bridgehead atoms. The molecule has 0 spiro atoms. The zero-order valence-electron chi connectivity index (χ0n) is 11.3. The van der Waals surface area contributed by atoms with E-state index in [0.29, 0.717) is 0 Å². The van der Waals surface area contributed by atoms with Gasteiger partial charge in [0.05, 0.1) is 17.4 Å². The lowest BCUT2D eigenvalue weighted by molar-refractivity contribution is 0.742. The van der Waals surface area contributed by atoms with E-state index in [1.807, 2.05) is 23.0 Å². The SMILES string of the molecule is CCCCc1nc(-c2cn[nH]c2)n(-c2ccncc2)n1. The monoisotopic (exact) mass is 268 g/mol. The standard InChI is InChI=1S/C14H16N6/c1-2-3-4-13-18-14(11-9-16-17-10-11)20(19-13)12-5-7-15-8-6-12/h5-10H,2-4H2,1H3,(H,16,17). The number of aromatic nitrogens is 6. The summed E-state index contributed by atoms with van der Waals surface area (Å²) in [5.74, 6) is 1.66. The summed E-state index contributed by atoms with van der Waals surface area (Å²) in [6.45, 7) is 2.16. The van der Waals surface area contributed by atoms with Gasteiger partial charge in [0.15, 0.2) is 11.6 Å². The molecule has 0 aromatic carbocycles. The molecule has 102 valence electrons. The Balaban J connectivity index is 2.05. The first-order chi connectivity index (χ1) is 9.88. The summed E-state index contributed by atoms with van der Waals surface area (Å²) in [6, 6.07) is 3.84. The van der Waals surface area contributed by atoms with Crippen molar-refractivity contribution < 1.29 is 0 Å². The molecule has 1 N–H and O–H groups in total. The molecule has 0 aliphatic rings. The number of H-pyrrole nitrogens is 1. The van der Waals surface area contributed by atoms with Gasteiger partial charge in [-0.25, -0.2) is 9.67 Å². The molecule has 20 heavy (non-hydrogen) atoms. The maximum absolute atomic E-state index is 4.64. The molecule has 6 heteroatoms. The van der Waals surface area contributed by atoms with E-state index in [0.717, 1.165) is 42.2 Å². The van der Waals surface area contributed by atoms with Gasteiger partial charge in [-0.2, -0.15) is 10.2 Å². The van der Waals surface area contributed by atoms with Gasteiger partial charge < -0.3 is 0 Å². The lowest BCUT2D eigenvalue weighted by Gasteiger charge is -2.02. The molecule has 3 heterocycles. The Kier molecular flexibility index (Phi) is 3.54. The summed E-state index contributed by atoms with van der Waals surface area (Å²) in [5, 5.41) is 11.4. The largest absolute Gasteiger partial charge is 0.285 e. The van der Waals surface area contributed by atoms with Crippen LogP contribution >= 0.6 is 0 Å². The van der Waals surface area contributed by atoms with Crippen molar-refractivity contribution in [3.8, 4) is 17.1 Å². The topological polar surface area (TPSA) is 72.3 Å². The Morgan fingerprint density at radius 2 is 2.10 bits per heavy atom. The molecular formula is C14H16N6. The molecule has 0 saturated heterocycles. The Bertz CT molecular complexity index is 656. The summed E-state index contributed by atoms with van der Waals surface area (Å²) >= 11 is 0. The second-order valence-electron chi connectivity index (χ2n) is 4.56. The van der Waals surface area contributed by atoms with Crippen LogP contribution in [-0.4, -0.2) is 29.9 Å². The van der Waals surface area contributed by atoms with Crippen LogP contribution in [0.1, 0.15) is 25.6 Å². The molecule has 0 fully saturated rings. The average molecular weight is 268 g/mol. The number of rotatable bonds is 5. The van der Waals surface area contributed by atoms with Crippen LogP contribution in [0.5, 0.6) is 0 Å². The van der Waals surface area contributed by atoms with Crippen molar-refractivity contribution in [3.05, 3.63) is 42.7 Å². The molecule has 3 rings (SSSR count). The molecule has 0 saturated carbocycles. The molecule has 0 amide bonds. The number of nitrogens with one attached hydrogen (secondary N) is 1. The highest BCUT2D eigenvalue weighted by Gasteiger charge is 2.14. The van der Waals surface area contributed by atoms with Gasteiger partial charge in [-0.3, -0.25) is 10.1 Å². The van der Waals surface area contributed by atoms with Gasteiger partial charge in [0.1, 0.15) is 0 Å². The van der Waals surface area contributed by atoms with Crippen molar-refractivity contribution in [1.82, 2.24) is 29.9 Å². The highest BCUT2D eigenvalue weighted by Crippen LogP contribution is 2.20. The number of aryl methyl sites for hydroxylation is 1. The van der Waals surface area contributed by atoms with Crippen molar-refractivity contribution in [2.75, 3.05) is 0 Å². The van der Waals surface area contributed by atoms with E-state index in [9.17, 15) is 0 Å². The third kappa shape index (κ3) is 2.45. The van der Waals surface area contributed by atoms with E-state index in [-0.39, 0.29) is 0 Å². The quantitative estimate of drug-likeness (QED) is 0.771. The molecule has 3 aromatic heterocycles. The minimum absolute atomic E-state index is 0.802. The van der Waals surface area contributed by atoms with Crippen molar-refractivity contribution in [3.63, 3.8) is 0 Å². The molecule has 0 aliphatic heterocycles. The van der Waals surface area contributed by atoms with Crippen LogP contribution in [0, 0.1) is 0 Å². The van der Waals surface area contributed by atoms with Crippen LogP contribution < -0.4 is 0 Å². The Morgan fingerprint density at radius 1 is 1.25 bits per heavy atom. The molecular weight excluding hydrogens is 252 g/mol. The Morgan fingerprint density at radius 3 is 2.80 bits per heavy atom. The molecule has 0 atom stereocenters. The summed E-state index contributed by atoms with van der Waals surface area (Å²) in [4.78, 5) is 8.68. The second kappa shape index (κ2) is 5.64. The molecule has 6 nitrogen and oxygen atoms in total. The van der Waals surface area contributed by atoms with Crippen LogP contribution in [-0.2, 0) is 6.42 Å². The van der Waals surface area contributed by atoms with Gasteiger partial charge in [-0.1, -0.05) is 13.3 Å². The number of aromatic amines is 1. The maximum Gasteiger partial charge on any atom is 0.166 e. The first-order valence-electron chi connectivity index (χ1n) is 6.74. The number of hydrogen-bond acceptors (Lipinski definition) is 4. The van der Waals surface area contributed by atoms with E-state index in [4.69, 9.17) is 0 Å². The van der Waals surface area contributed by atoms with Crippen LogP contribution in [0.4, 0.5) is 0 Å². The number of nitrogens with zero attached hydrogens (tertiary/aromatic N) is 5. The molecule has 0 unspecified atom stereocenters. The van der Waals surface area contributed by atoms with Gasteiger partial charge in [-0.15, -0.1) is 0 Å². The Labute approximate surface area is 116 Å². The smallest absolute Gasteiger partial charge is 0.166 e. The first kappa shape index (κ1) is 12.5. The van der Waals surface area contributed by atoms with Crippen molar-refractivity contribution in [2.45, 2.75) is 26.2 Å². The van der Waals surface area contributed by atoms with Crippen molar-refractivity contribution in [2.24, 2.45) is 0 Å². The van der Waals surface area contributed by atoms with Crippen LogP contribution in [0.3, 0.4) is 0 Å². The molecule has 0 aliphatic carbocycles. The fourth-order valence-electron chi connectivity index (χ4n) is 2.02. The van der Waals surface area contributed by atoms with E-state index in [1.165, 1.54) is 0 Å². The van der Waals surface area contributed by atoms with E-state index in [1.54, 1.807) is 18.6 Å². The predicted octanol–water partition coefficient (Wildman–Crippen LogP) is 2.40. The van der Waals surface area contributed by atoms with E-state index >= 15 is 0 Å². The summed E-state index contributed by atoms with van der Waals surface area (Å²) < 4.78 is 1.84. The van der Waals surface area contributed by atoms with Gasteiger partial charge in [0.2, 0.25) is 0 Å². The zero-order valence-corrected chi connectivity index (χ0v) is 11.3. The summed E-state index contributed by atoms with van der Waals surface area (Å²) in [5.41, 5.74) is 1.88. The van der Waals surface area contributed by atoms with Gasteiger partial charge in [-0.05, 0) is 18.6 Å². The first-order valence-corrected chi connectivity index (χ1v) is 6.74. The molecule has 0 radical (unpaired) electrons. The van der Waals surface area contributed by atoms with Crippen LogP contribution in [0.2, 0.25) is 0 Å². The normalized spacial score (nSPS) is 10.8. The van der Waals surface area contributed by atoms with Gasteiger partial charge in [0, 0.05) is 25.0 Å². The fourth-order valence-corrected chi connectivity index (χ4v) is 2.02. The predicted molar refractivity (Wildman–Crippen MR) is 75.3 cm³/mol.